The lowest BCUT2D eigenvalue weighted by molar-refractivity contribution is -0.132. The number of methoxy groups -OCH3 is 2. The van der Waals surface area contributed by atoms with Crippen LogP contribution >= 0.6 is 24.8 Å². The third-order valence-electron chi connectivity index (χ3n) is 9.53. The van der Waals surface area contributed by atoms with Gasteiger partial charge >= 0.3 is 0 Å². The van der Waals surface area contributed by atoms with Gasteiger partial charge in [-0.15, -0.1) is 24.8 Å². The summed E-state index contributed by atoms with van der Waals surface area (Å²) in [7, 11) is 3.30. The van der Waals surface area contributed by atoms with Gasteiger partial charge in [0.1, 0.15) is 11.5 Å². The number of hydrogen-bond donors (Lipinski definition) is 3. The Morgan fingerprint density at radius 1 is 0.933 bits per heavy atom. The molecule has 1 aromatic carbocycles. The standard InChI is InChI=1S/C32H46N8O3.2ClH/c1-42-26-12-13-27(43-2)21(19-26)7-14-28(41)39-17-15-24(16-18-39)35-30-29-31(40(20-34-29)25-5-3-4-6-25)38-32(37-30)36-23-10-8-22(33)9-11-23;;/h12-13,19-20,22-25H,3-11,14-18,33H2,1-2H3,(H2,35,36,37,38);2*1H. The molecule has 0 spiro atoms. The normalized spacial score (nSPS) is 20.7. The van der Waals surface area contributed by atoms with Crippen molar-refractivity contribution in [1.29, 1.82) is 0 Å². The molecular formula is C32H48Cl2N8O3. The fourth-order valence-corrected chi connectivity index (χ4v) is 6.92. The molecule has 0 radical (unpaired) electrons. The minimum atomic E-state index is 0. The van der Waals surface area contributed by atoms with Crippen LogP contribution in [-0.2, 0) is 11.2 Å². The number of piperidine rings is 1. The average Bonchev–Trinajstić information content (AvgIpc) is 3.72. The van der Waals surface area contributed by atoms with Gasteiger partial charge in [0.05, 0.1) is 20.5 Å². The molecule has 11 nitrogen and oxygen atoms in total. The van der Waals surface area contributed by atoms with Crippen molar-refractivity contribution in [2.24, 2.45) is 5.73 Å². The molecule has 3 fully saturated rings. The Balaban J connectivity index is 0.00000230. The summed E-state index contributed by atoms with van der Waals surface area (Å²) in [5.41, 5.74) is 8.86. The highest BCUT2D eigenvalue weighted by atomic mass is 35.5. The molecule has 2 aromatic heterocycles. The Labute approximate surface area is 278 Å². The predicted molar refractivity (Wildman–Crippen MR) is 182 cm³/mol. The van der Waals surface area contributed by atoms with E-state index in [4.69, 9.17) is 30.2 Å². The molecule has 1 amide bonds. The van der Waals surface area contributed by atoms with Crippen LogP contribution in [0.15, 0.2) is 24.5 Å². The van der Waals surface area contributed by atoms with E-state index >= 15 is 0 Å². The minimum Gasteiger partial charge on any atom is -0.497 e. The first-order valence-electron chi connectivity index (χ1n) is 16.0. The average molecular weight is 664 g/mol. The number of imidazole rings is 1. The molecule has 1 saturated heterocycles. The van der Waals surface area contributed by atoms with Gasteiger partial charge < -0.3 is 35.3 Å². The molecule has 0 bridgehead atoms. The number of fused-ring (bicyclic) bond motifs is 1. The van der Waals surface area contributed by atoms with Gasteiger partial charge in [0, 0.05) is 43.7 Å². The molecule has 1 aliphatic heterocycles. The maximum Gasteiger partial charge on any atom is 0.227 e. The van der Waals surface area contributed by atoms with Gasteiger partial charge in [0.25, 0.3) is 0 Å². The zero-order chi connectivity index (χ0) is 29.8. The van der Waals surface area contributed by atoms with E-state index in [1.165, 1.54) is 25.7 Å². The molecule has 2 saturated carbocycles. The molecule has 3 heterocycles. The number of aromatic nitrogens is 4. The van der Waals surface area contributed by atoms with Gasteiger partial charge in [-0.05, 0) is 81.5 Å². The van der Waals surface area contributed by atoms with Crippen LogP contribution in [0, 0.1) is 0 Å². The predicted octanol–water partition coefficient (Wildman–Crippen LogP) is 5.52. The van der Waals surface area contributed by atoms with E-state index in [9.17, 15) is 4.79 Å². The molecule has 3 aliphatic rings. The summed E-state index contributed by atoms with van der Waals surface area (Å²) in [4.78, 5) is 29.9. The van der Waals surface area contributed by atoms with Crippen molar-refractivity contribution in [1.82, 2.24) is 24.4 Å². The maximum atomic E-state index is 13.1. The number of amides is 1. The number of anilines is 2. The van der Waals surface area contributed by atoms with Crippen LogP contribution in [0.5, 0.6) is 11.5 Å². The quantitative estimate of drug-likeness (QED) is 0.257. The summed E-state index contributed by atoms with van der Waals surface area (Å²) in [6.07, 6.45) is 13.6. The van der Waals surface area contributed by atoms with Crippen LogP contribution in [0.25, 0.3) is 11.2 Å². The highest BCUT2D eigenvalue weighted by Crippen LogP contribution is 2.34. The van der Waals surface area contributed by atoms with Gasteiger partial charge in [-0.3, -0.25) is 4.79 Å². The first-order valence-corrected chi connectivity index (χ1v) is 16.0. The number of nitrogens with zero attached hydrogens (tertiary/aromatic N) is 5. The number of ether oxygens (including phenoxy) is 2. The van der Waals surface area contributed by atoms with E-state index in [2.05, 4.69) is 15.2 Å². The number of nitrogens with two attached hydrogens (primary N) is 1. The van der Waals surface area contributed by atoms with E-state index in [-0.39, 0.29) is 36.8 Å². The Hall–Kier alpha value is -3.02. The molecule has 0 unspecified atom stereocenters. The smallest absolute Gasteiger partial charge is 0.227 e. The lowest BCUT2D eigenvalue weighted by Crippen LogP contribution is -2.42. The first kappa shape index (κ1) is 34.8. The van der Waals surface area contributed by atoms with Crippen molar-refractivity contribution in [3.63, 3.8) is 0 Å². The van der Waals surface area contributed by atoms with Crippen molar-refractivity contribution >= 4 is 53.7 Å². The Kier molecular flexibility index (Phi) is 12.4. The monoisotopic (exact) mass is 662 g/mol. The largest absolute Gasteiger partial charge is 0.497 e. The lowest BCUT2D eigenvalue weighted by atomic mass is 9.92. The van der Waals surface area contributed by atoms with E-state index in [1.807, 2.05) is 29.4 Å². The van der Waals surface area contributed by atoms with Crippen LogP contribution in [0.4, 0.5) is 11.8 Å². The minimum absolute atomic E-state index is 0. The third kappa shape index (κ3) is 8.23. The first-order chi connectivity index (χ1) is 21.0. The summed E-state index contributed by atoms with van der Waals surface area (Å²) >= 11 is 0. The van der Waals surface area contributed by atoms with Gasteiger partial charge in [-0.1, -0.05) is 12.8 Å². The Bertz CT molecular complexity index is 1400. The molecule has 13 heteroatoms. The zero-order valence-electron chi connectivity index (χ0n) is 26.4. The molecule has 4 N–H and O–H groups in total. The zero-order valence-corrected chi connectivity index (χ0v) is 28.0. The number of nitrogens with one attached hydrogen (secondary N) is 2. The summed E-state index contributed by atoms with van der Waals surface area (Å²) in [6, 6.07) is 6.99. The molecule has 3 aromatic rings. The van der Waals surface area contributed by atoms with Crippen molar-refractivity contribution in [2.75, 3.05) is 37.9 Å². The van der Waals surface area contributed by atoms with Gasteiger partial charge in [0.2, 0.25) is 11.9 Å². The molecule has 0 atom stereocenters. The number of carbonyl (C=O) groups is 1. The second-order valence-corrected chi connectivity index (χ2v) is 12.4. The Morgan fingerprint density at radius 2 is 1.64 bits per heavy atom. The number of rotatable bonds is 10. The summed E-state index contributed by atoms with van der Waals surface area (Å²) in [5, 5.41) is 7.32. The third-order valence-corrected chi connectivity index (χ3v) is 9.53. The number of carbonyl (C=O) groups excluding carboxylic acids is 1. The summed E-state index contributed by atoms with van der Waals surface area (Å²) < 4.78 is 13.1. The summed E-state index contributed by atoms with van der Waals surface area (Å²) in [5.74, 6) is 3.16. The number of benzene rings is 1. The van der Waals surface area contributed by atoms with Crippen LogP contribution < -0.4 is 25.8 Å². The van der Waals surface area contributed by atoms with Gasteiger partial charge in [-0.25, -0.2) is 4.98 Å². The molecule has 6 rings (SSSR count). The highest BCUT2D eigenvalue weighted by molar-refractivity contribution is 5.86. The lowest BCUT2D eigenvalue weighted by Gasteiger charge is -2.33. The SMILES string of the molecule is COc1ccc(OC)c(CCC(=O)N2CCC(Nc3nc(NC4CCC(N)CC4)nc4c3ncn4C3CCCC3)CC2)c1.Cl.Cl. The molecule has 45 heavy (non-hydrogen) atoms. The van der Waals surface area contributed by atoms with Crippen molar-refractivity contribution in [2.45, 2.75) is 101 Å². The fraction of sp³-hybridized carbons (Fsp3) is 0.625. The summed E-state index contributed by atoms with van der Waals surface area (Å²) in [6.45, 7) is 1.42. The van der Waals surface area contributed by atoms with Crippen molar-refractivity contribution < 1.29 is 14.3 Å². The molecule has 248 valence electrons. The van der Waals surface area contributed by atoms with E-state index in [0.717, 1.165) is 72.6 Å². The van der Waals surface area contributed by atoms with Crippen LogP contribution in [0.1, 0.15) is 82.2 Å². The number of hydrogen-bond acceptors (Lipinski definition) is 9. The van der Waals surface area contributed by atoms with E-state index < -0.39 is 0 Å². The topological polar surface area (TPSA) is 132 Å². The van der Waals surface area contributed by atoms with Gasteiger partial charge in [0.15, 0.2) is 17.0 Å². The molecular weight excluding hydrogens is 615 g/mol. The maximum absolute atomic E-state index is 13.1. The Morgan fingerprint density at radius 3 is 2.33 bits per heavy atom. The fourth-order valence-electron chi connectivity index (χ4n) is 6.92. The van der Waals surface area contributed by atoms with Crippen molar-refractivity contribution in [3.05, 3.63) is 30.1 Å². The highest BCUT2D eigenvalue weighted by Gasteiger charge is 2.27. The number of aryl methyl sites for hydroxylation is 1. The van der Waals surface area contributed by atoms with Gasteiger partial charge in [-0.2, -0.15) is 9.97 Å². The van der Waals surface area contributed by atoms with Crippen LogP contribution in [-0.4, -0.2) is 75.8 Å². The van der Waals surface area contributed by atoms with Crippen LogP contribution in [0.3, 0.4) is 0 Å². The van der Waals surface area contributed by atoms with Crippen LogP contribution in [0.2, 0.25) is 0 Å². The second kappa shape index (κ2) is 16.0. The number of likely N-dealkylation sites (tertiary alicyclic amines) is 1. The van der Waals surface area contributed by atoms with E-state index in [0.29, 0.717) is 50.0 Å². The number of halogens is 2. The van der Waals surface area contributed by atoms with E-state index in [1.54, 1.807) is 14.2 Å². The molecule has 2 aliphatic carbocycles. The van der Waals surface area contributed by atoms with Crippen molar-refractivity contribution in [3.8, 4) is 11.5 Å². The second-order valence-electron chi connectivity index (χ2n) is 12.4.